The second-order valence-electron chi connectivity index (χ2n) is 8.85. The second-order valence-corrected chi connectivity index (χ2v) is 10.0. The normalized spacial score (nSPS) is 19.0. The summed E-state index contributed by atoms with van der Waals surface area (Å²) in [6.45, 7) is 2.03. The molecule has 3 aromatic carbocycles. The van der Waals surface area contributed by atoms with Crippen LogP contribution in [0.5, 0.6) is 5.75 Å². The quantitative estimate of drug-likeness (QED) is 0.480. The molecule has 2 heterocycles. The van der Waals surface area contributed by atoms with Gasteiger partial charge in [-0.2, -0.15) is 10.1 Å². The lowest BCUT2D eigenvalue weighted by Crippen LogP contribution is -2.25. The third kappa shape index (κ3) is 5.56. The maximum atomic E-state index is 13.1. The summed E-state index contributed by atoms with van der Waals surface area (Å²) in [5.41, 5.74) is 4.52. The van der Waals surface area contributed by atoms with E-state index >= 15 is 0 Å². The Morgan fingerprint density at radius 2 is 1.78 bits per heavy atom. The zero-order valence-electron chi connectivity index (χ0n) is 20.3. The molecule has 7 nitrogen and oxygen atoms in total. The standard InChI is InChI=1S/C28H25FN4O3S/c1-17-3-5-19(6-4-17)24-15-23(18-7-13-22(36-2)14-8-18)32-33(24)28-31-27(35)25(37-28)16-26(34)30-21-11-9-20(29)10-12-21/h3-14,24-25H,15-16H2,1-2H3,(H,30,34)/t24-,25-/m1/s1. The van der Waals surface area contributed by atoms with Gasteiger partial charge in [0.15, 0.2) is 5.17 Å². The van der Waals surface area contributed by atoms with Gasteiger partial charge in [0.25, 0.3) is 5.91 Å². The van der Waals surface area contributed by atoms with Gasteiger partial charge in [-0.15, -0.1) is 0 Å². The number of nitrogens with zero attached hydrogens (tertiary/aromatic N) is 3. The van der Waals surface area contributed by atoms with E-state index in [-0.39, 0.29) is 30.1 Å². The zero-order chi connectivity index (χ0) is 25.9. The Balaban J connectivity index is 1.35. The van der Waals surface area contributed by atoms with Crippen molar-refractivity contribution in [3.8, 4) is 5.75 Å². The number of thioether (sulfide) groups is 1. The van der Waals surface area contributed by atoms with Crippen molar-refractivity contribution in [2.24, 2.45) is 10.1 Å². The van der Waals surface area contributed by atoms with E-state index in [1.807, 2.05) is 31.2 Å². The Kier molecular flexibility index (Phi) is 7.05. The number of halogens is 1. The number of rotatable bonds is 6. The molecule has 0 unspecified atom stereocenters. The van der Waals surface area contributed by atoms with Crippen LogP contribution in [-0.4, -0.2) is 40.1 Å². The average Bonchev–Trinajstić information content (AvgIpc) is 3.50. The highest BCUT2D eigenvalue weighted by molar-refractivity contribution is 8.15. The fraction of sp³-hybridized carbons (Fsp3) is 0.214. The van der Waals surface area contributed by atoms with Crippen molar-refractivity contribution < 1.29 is 18.7 Å². The van der Waals surface area contributed by atoms with E-state index in [0.29, 0.717) is 17.3 Å². The first-order chi connectivity index (χ1) is 17.9. The number of nitrogens with one attached hydrogen (secondary N) is 1. The number of ether oxygens (including phenoxy) is 1. The summed E-state index contributed by atoms with van der Waals surface area (Å²) in [4.78, 5) is 29.6. The first-order valence-corrected chi connectivity index (χ1v) is 12.7. The summed E-state index contributed by atoms with van der Waals surface area (Å²) in [6.07, 6.45) is 0.588. The van der Waals surface area contributed by atoms with Gasteiger partial charge in [-0.05, 0) is 66.6 Å². The van der Waals surface area contributed by atoms with Gasteiger partial charge in [0.2, 0.25) is 5.91 Å². The predicted octanol–water partition coefficient (Wildman–Crippen LogP) is 5.32. The number of carbonyl (C=O) groups excluding carboxylic acids is 2. The van der Waals surface area contributed by atoms with E-state index in [1.54, 1.807) is 12.1 Å². The number of amidine groups is 1. The van der Waals surface area contributed by atoms with Crippen molar-refractivity contribution in [2.45, 2.75) is 31.1 Å². The molecule has 2 aliphatic rings. The highest BCUT2D eigenvalue weighted by Crippen LogP contribution is 2.38. The van der Waals surface area contributed by atoms with Crippen LogP contribution < -0.4 is 10.1 Å². The summed E-state index contributed by atoms with van der Waals surface area (Å²) in [6, 6.07) is 21.3. The number of amides is 2. The van der Waals surface area contributed by atoms with Gasteiger partial charge < -0.3 is 10.1 Å². The molecule has 3 aromatic rings. The molecular weight excluding hydrogens is 491 g/mol. The van der Waals surface area contributed by atoms with Crippen LogP contribution in [0.1, 0.15) is 35.6 Å². The highest BCUT2D eigenvalue weighted by Gasteiger charge is 2.39. The van der Waals surface area contributed by atoms with Crippen LogP contribution in [0.3, 0.4) is 0 Å². The highest BCUT2D eigenvalue weighted by atomic mass is 32.2. The Labute approximate surface area is 218 Å². The predicted molar refractivity (Wildman–Crippen MR) is 143 cm³/mol. The molecule has 9 heteroatoms. The summed E-state index contributed by atoms with van der Waals surface area (Å²) in [5.74, 6) is -0.337. The van der Waals surface area contributed by atoms with E-state index < -0.39 is 5.25 Å². The monoisotopic (exact) mass is 516 g/mol. The number of hydrazone groups is 1. The molecule has 0 bridgehead atoms. The Bertz CT molecular complexity index is 1370. The molecule has 0 radical (unpaired) electrons. The fourth-order valence-electron chi connectivity index (χ4n) is 4.21. The van der Waals surface area contributed by atoms with Crippen LogP contribution in [0.2, 0.25) is 0 Å². The van der Waals surface area contributed by atoms with Crippen LogP contribution >= 0.6 is 11.8 Å². The molecule has 2 atom stereocenters. The largest absolute Gasteiger partial charge is 0.497 e. The van der Waals surface area contributed by atoms with Crippen molar-refractivity contribution in [1.29, 1.82) is 0 Å². The molecule has 0 aliphatic carbocycles. The van der Waals surface area contributed by atoms with Crippen LogP contribution in [-0.2, 0) is 9.59 Å². The molecule has 0 saturated carbocycles. The maximum absolute atomic E-state index is 13.1. The summed E-state index contributed by atoms with van der Waals surface area (Å²) >= 11 is 1.24. The first kappa shape index (κ1) is 24.7. The van der Waals surface area contributed by atoms with Crippen LogP contribution in [0.4, 0.5) is 10.1 Å². The van der Waals surface area contributed by atoms with Crippen molar-refractivity contribution in [1.82, 2.24) is 5.01 Å². The van der Waals surface area contributed by atoms with Gasteiger partial charge in [-0.25, -0.2) is 9.40 Å². The molecule has 0 fully saturated rings. The summed E-state index contributed by atoms with van der Waals surface area (Å²) in [5, 5.41) is 9.18. The summed E-state index contributed by atoms with van der Waals surface area (Å²) in [7, 11) is 1.63. The number of carbonyl (C=O) groups is 2. The number of aliphatic imine (C=N–C) groups is 1. The lowest BCUT2D eigenvalue weighted by Gasteiger charge is -2.23. The van der Waals surface area contributed by atoms with E-state index in [9.17, 15) is 14.0 Å². The van der Waals surface area contributed by atoms with Crippen molar-refractivity contribution >= 4 is 40.1 Å². The van der Waals surface area contributed by atoms with Crippen LogP contribution in [0.25, 0.3) is 0 Å². The van der Waals surface area contributed by atoms with Gasteiger partial charge in [-0.3, -0.25) is 9.59 Å². The number of methoxy groups -OCH3 is 1. The number of benzene rings is 3. The van der Waals surface area contributed by atoms with Crippen LogP contribution in [0.15, 0.2) is 82.9 Å². The third-order valence-corrected chi connectivity index (χ3v) is 7.36. The smallest absolute Gasteiger partial charge is 0.262 e. The van der Waals surface area contributed by atoms with E-state index in [0.717, 1.165) is 28.2 Å². The topological polar surface area (TPSA) is 83.4 Å². The van der Waals surface area contributed by atoms with Crippen LogP contribution in [0, 0.1) is 12.7 Å². The first-order valence-electron chi connectivity index (χ1n) is 11.8. The van der Waals surface area contributed by atoms with E-state index in [1.165, 1.54) is 36.0 Å². The molecule has 5 rings (SSSR count). The van der Waals surface area contributed by atoms with E-state index in [2.05, 4.69) is 34.6 Å². The molecule has 2 amide bonds. The third-order valence-electron chi connectivity index (χ3n) is 6.22. The van der Waals surface area contributed by atoms with Gasteiger partial charge in [-0.1, -0.05) is 41.6 Å². The Morgan fingerprint density at radius 1 is 1.08 bits per heavy atom. The average molecular weight is 517 g/mol. The number of hydrogen-bond acceptors (Lipinski definition) is 6. The number of aryl methyl sites for hydroxylation is 1. The minimum atomic E-state index is -0.658. The SMILES string of the molecule is COc1ccc(C2=NN(C3=NC(=O)[C@@H](CC(=O)Nc4ccc(F)cc4)S3)[C@@H](c3ccc(C)cc3)C2)cc1. The van der Waals surface area contributed by atoms with Gasteiger partial charge in [0.05, 0.1) is 18.9 Å². The van der Waals surface area contributed by atoms with Gasteiger partial charge >= 0.3 is 0 Å². The maximum Gasteiger partial charge on any atom is 0.262 e. The molecule has 0 aromatic heterocycles. The number of hydrogen-bond donors (Lipinski definition) is 1. The summed E-state index contributed by atoms with van der Waals surface area (Å²) < 4.78 is 18.4. The lowest BCUT2D eigenvalue weighted by atomic mass is 9.98. The molecule has 37 heavy (non-hydrogen) atoms. The Hall–Kier alpha value is -3.98. The number of anilines is 1. The van der Waals surface area contributed by atoms with Crippen molar-refractivity contribution in [3.05, 3.63) is 95.3 Å². The second kappa shape index (κ2) is 10.6. The van der Waals surface area contributed by atoms with Gasteiger partial charge in [0.1, 0.15) is 16.8 Å². The van der Waals surface area contributed by atoms with Crippen molar-refractivity contribution in [2.75, 3.05) is 12.4 Å². The minimum absolute atomic E-state index is 0.0496. The Morgan fingerprint density at radius 3 is 2.46 bits per heavy atom. The fourth-order valence-corrected chi connectivity index (χ4v) is 5.27. The van der Waals surface area contributed by atoms with Crippen molar-refractivity contribution in [3.63, 3.8) is 0 Å². The molecular formula is C28H25FN4O3S. The van der Waals surface area contributed by atoms with Gasteiger partial charge in [0, 0.05) is 18.5 Å². The zero-order valence-corrected chi connectivity index (χ0v) is 21.2. The molecule has 2 aliphatic heterocycles. The minimum Gasteiger partial charge on any atom is -0.497 e. The lowest BCUT2D eigenvalue weighted by molar-refractivity contribution is -0.121. The molecule has 1 N–H and O–H groups in total. The molecule has 188 valence electrons. The molecule has 0 saturated heterocycles. The van der Waals surface area contributed by atoms with E-state index in [4.69, 9.17) is 9.84 Å². The molecule has 0 spiro atoms.